The van der Waals surface area contributed by atoms with Crippen molar-refractivity contribution in [3.05, 3.63) is 22.4 Å². The molecule has 1 amide bonds. The van der Waals surface area contributed by atoms with Gasteiger partial charge in [0.2, 0.25) is 5.91 Å². The first-order valence-corrected chi connectivity index (χ1v) is 6.35. The number of thiophene rings is 1. The van der Waals surface area contributed by atoms with Crippen LogP contribution < -0.4 is 11.1 Å². The highest BCUT2D eigenvalue weighted by Gasteiger charge is 2.26. The molecule has 0 aliphatic carbocycles. The highest BCUT2D eigenvalue weighted by atomic mass is 35.5. The van der Waals surface area contributed by atoms with Gasteiger partial charge in [0.05, 0.1) is 6.04 Å². The number of hydrogen-bond donors (Lipinski definition) is 2. The molecular weight excluding hydrogens is 256 g/mol. The number of hydrogen-bond acceptors (Lipinski definition) is 3. The van der Waals surface area contributed by atoms with Crippen molar-refractivity contribution in [2.24, 2.45) is 11.1 Å². The van der Waals surface area contributed by atoms with E-state index in [1.165, 1.54) is 4.88 Å². The van der Waals surface area contributed by atoms with Gasteiger partial charge in [0.1, 0.15) is 0 Å². The van der Waals surface area contributed by atoms with Gasteiger partial charge in [-0.1, -0.05) is 26.8 Å². The van der Waals surface area contributed by atoms with Gasteiger partial charge in [-0.25, -0.2) is 0 Å². The molecule has 3 nitrogen and oxygen atoms in total. The molecule has 0 saturated carbocycles. The molecule has 1 heterocycles. The number of nitrogens with two attached hydrogens (primary N) is 1. The lowest BCUT2D eigenvalue weighted by molar-refractivity contribution is -0.124. The van der Waals surface area contributed by atoms with Gasteiger partial charge in [-0.3, -0.25) is 4.79 Å². The van der Waals surface area contributed by atoms with Crippen LogP contribution >= 0.6 is 23.7 Å². The fourth-order valence-electron chi connectivity index (χ4n) is 1.27. The zero-order valence-corrected chi connectivity index (χ0v) is 12.2. The molecule has 0 bridgehead atoms. The third-order valence-corrected chi connectivity index (χ3v) is 3.40. The van der Waals surface area contributed by atoms with E-state index in [-0.39, 0.29) is 23.7 Å². The summed E-state index contributed by atoms with van der Waals surface area (Å²) in [5, 5.41) is 4.91. The Morgan fingerprint density at radius 1 is 1.53 bits per heavy atom. The maximum absolute atomic E-state index is 11.7. The topological polar surface area (TPSA) is 55.1 Å². The smallest absolute Gasteiger partial charge is 0.237 e. The van der Waals surface area contributed by atoms with E-state index in [2.05, 4.69) is 11.4 Å². The van der Waals surface area contributed by atoms with Gasteiger partial charge in [0, 0.05) is 11.4 Å². The Labute approximate surface area is 113 Å². The average molecular weight is 277 g/mol. The van der Waals surface area contributed by atoms with Crippen molar-refractivity contribution >= 4 is 29.7 Å². The van der Waals surface area contributed by atoms with E-state index in [0.29, 0.717) is 6.54 Å². The van der Waals surface area contributed by atoms with Gasteiger partial charge >= 0.3 is 0 Å². The summed E-state index contributed by atoms with van der Waals surface area (Å²) in [7, 11) is 0. The first-order chi connectivity index (χ1) is 7.41. The number of carbonyl (C=O) groups is 1. The highest BCUT2D eigenvalue weighted by Crippen LogP contribution is 2.17. The minimum atomic E-state index is -0.448. The van der Waals surface area contributed by atoms with Crippen LogP contribution in [0.15, 0.2) is 17.5 Å². The molecule has 1 aromatic heterocycles. The third kappa shape index (κ3) is 5.52. The minimum absolute atomic E-state index is 0. The quantitative estimate of drug-likeness (QED) is 0.886. The molecule has 98 valence electrons. The lowest BCUT2D eigenvalue weighted by Gasteiger charge is -2.25. The van der Waals surface area contributed by atoms with Gasteiger partial charge in [-0.2, -0.15) is 0 Å². The summed E-state index contributed by atoms with van der Waals surface area (Å²) in [6.07, 6.45) is 0.875. The summed E-state index contributed by atoms with van der Waals surface area (Å²) in [4.78, 5) is 13.0. The lowest BCUT2D eigenvalue weighted by atomic mass is 9.87. The summed E-state index contributed by atoms with van der Waals surface area (Å²) < 4.78 is 0. The Morgan fingerprint density at radius 3 is 2.65 bits per heavy atom. The molecule has 0 aromatic carbocycles. The van der Waals surface area contributed by atoms with Gasteiger partial charge in [-0.15, -0.1) is 23.7 Å². The van der Waals surface area contributed by atoms with E-state index in [9.17, 15) is 4.79 Å². The Balaban J connectivity index is 0.00000256. The van der Waals surface area contributed by atoms with Crippen LogP contribution in [0.4, 0.5) is 0 Å². The van der Waals surface area contributed by atoms with Crippen molar-refractivity contribution < 1.29 is 4.79 Å². The Hall–Kier alpha value is -0.580. The van der Waals surface area contributed by atoms with E-state index >= 15 is 0 Å². The minimum Gasteiger partial charge on any atom is -0.354 e. The molecule has 0 fully saturated rings. The van der Waals surface area contributed by atoms with Crippen LogP contribution in [0.2, 0.25) is 0 Å². The van der Waals surface area contributed by atoms with Gasteiger partial charge < -0.3 is 11.1 Å². The molecule has 5 heteroatoms. The number of rotatable bonds is 4. The third-order valence-electron chi connectivity index (χ3n) is 2.47. The SMILES string of the molecule is CC(C)(C)[C@H](N)C(=O)NCCc1cccs1.Cl. The second kappa shape index (κ2) is 6.99. The van der Waals surface area contributed by atoms with E-state index in [1.807, 2.05) is 32.2 Å². The largest absolute Gasteiger partial charge is 0.354 e. The molecule has 3 N–H and O–H groups in total. The Kier molecular flexibility index (Phi) is 6.75. The normalized spacial score (nSPS) is 12.7. The van der Waals surface area contributed by atoms with Crippen LogP contribution in [-0.4, -0.2) is 18.5 Å². The van der Waals surface area contributed by atoms with Crippen LogP contribution in [0.3, 0.4) is 0 Å². The van der Waals surface area contributed by atoms with Crippen LogP contribution in [0.5, 0.6) is 0 Å². The van der Waals surface area contributed by atoms with Crippen molar-refractivity contribution in [2.75, 3.05) is 6.54 Å². The van der Waals surface area contributed by atoms with Gasteiger partial charge in [0.25, 0.3) is 0 Å². The Morgan fingerprint density at radius 2 is 2.18 bits per heavy atom. The number of amides is 1. The van der Waals surface area contributed by atoms with Gasteiger partial charge in [-0.05, 0) is 23.3 Å². The predicted molar refractivity (Wildman–Crippen MR) is 75.7 cm³/mol. The van der Waals surface area contributed by atoms with E-state index in [1.54, 1.807) is 11.3 Å². The first-order valence-electron chi connectivity index (χ1n) is 5.47. The number of nitrogens with one attached hydrogen (secondary N) is 1. The molecule has 1 aromatic rings. The number of halogens is 1. The fourth-order valence-corrected chi connectivity index (χ4v) is 1.98. The molecule has 0 aliphatic heterocycles. The van der Waals surface area contributed by atoms with E-state index < -0.39 is 6.04 Å². The molecule has 0 unspecified atom stereocenters. The zero-order valence-electron chi connectivity index (χ0n) is 10.5. The average Bonchev–Trinajstić information content (AvgIpc) is 2.67. The molecule has 0 spiro atoms. The molecule has 1 rings (SSSR count). The van der Waals surface area contributed by atoms with E-state index in [4.69, 9.17) is 5.73 Å². The maximum atomic E-state index is 11.7. The monoisotopic (exact) mass is 276 g/mol. The molecule has 0 saturated heterocycles. The first kappa shape index (κ1) is 16.4. The van der Waals surface area contributed by atoms with Crippen LogP contribution in [0.1, 0.15) is 25.6 Å². The maximum Gasteiger partial charge on any atom is 0.237 e. The van der Waals surface area contributed by atoms with Crippen LogP contribution in [-0.2, 0) is 11.2 Å². The van der Waals surface area contributed by atoms with Crippen molar-refractivity contribution in [3.8, 4) is 0 Å². The molecule has 17 heavy (non-hydrogen) atoms. The van der Waals surface area contributed by atoms with Crippen molar-refractivity contribution in [2.45, 2.75) is 33.2 Å². The van der Waals surface area contributed by atoms with Crippen molar-refractivity contribution in [3.63, 3.8) is 0 Å². The zero-order chi connectivity index (χ0) is 12.2. The van der Waals surface area contributed by atoms with Crippen molar-refractivity contribution in [1.29, 1.82) is 0 Å². The van der Waals surface area contributed by atoms with Crippen LogP contribution in [0, 0.1) is 5.41 Å². The Bertz CT molecular complexity index is 333. The molecule has 0 aliphatic rings. The standard InChI is InChI=1S/C12H20N2OS.ClH/c1-12(2,3)10(13)11(15)14-7-6-9-5-4-8-16-9;/h4-5,8,10H,6-7,13H2,1-3H3,(H,14,15);1H/t10-;/m1./s1. The highest BCUT2D eigenvalue weighted by molar-refractivity contribution is 7.09. The second-order valence-electron chi connectivity index (χ2n) is 4.96. The fraction of sp³-hybridized carbons (Fsp3) is 0.583. The van der Waals surface area contributed by atoms with Gasteiger partial charge in [0.15, 0.2) is 0 Å². The van der Waals surface area contributed by atoms with Crippen molar-refractivity contribution in [1.82, 2.24) is 5.32 Å². The summed E-state index contributed by atoms with van der Waals surface area (Å²) >= 11 is 1.71. The lowest BCUT2D eigenvalue weighted by Crippen LogP contribution is -2.48. The molecule has 0 radical (unpaired) electrons. The summed E-state index contributed by atoms with van der Waals surface area (Å²) in [5.74, 6) is -0.0657. The predicted octanol–water partition coefficient (Wildman–Crippen LogP) is 2.20. The molecule has 1 atom stereocenters. The summed E-state index contributed by atoms with van der Waals surface area (Å²) in [5.41, 5.74) is 5.66. The summed E-state index contributed by atoms with van der Waals surface area (Å²) in [6, 6.07) is 3.64. The van der Waals surface area contributed by atoms with Crippen LogP contribution in [0.25, 0.3) is 0 Å². The second-order valence-corrected chi connectivity index (χ2v) is 6.00. The molecular formula is C12H21ClN2OS. The number of carbonyl (C=O) groups excluding carboxylic acids is 1. The van der Waals surface area contributed by atoms with E-state index in [0.717, 1.165) is 6.42 Å². The summed E-state index contributed by atoms with van der Waals surface area (Å²) in [6.45, 7) is 6.56.